The maximum atomic E-state index is 12.6. The lowest BCUT2D eigenvalue weighted by atomic mass is 9.83. The van der Waals surface area contributed by atoms with Crippen molar-refractivity contribution in [3.8, 4) is 0 Å². The number of furan rings is 1. The summed E-state index contributed by atoms with van der Waals surface area (Å²) in [5.41, 5.74) is 0.877. The number of hydrogen-bond donors (Lipinski definition) is 0. The zero-order valence-electron chi connectivity index (χ0n) is 14.5. The molecule has 0 aliphatic carbocycles. The zero-order valence-corrected chi connectivity index (χ0v) is 14.5. The third-order valence-electron chi connectivity index (χ3n) is 5.23. The average Bonchev–Trinajstić information content (AvgIpc) is 3.02. The smallest absolute Gasteiger partial charge is 0.289 e. The molecule has 2 aliphatic heterocycles. The Morgan fingerprint density at radius 1 is 1.42 bits per heavy atom. The highest BCUT2D eigenvalue weighted by atomic mass is 16.5. The van der Waals surface area contributed by atoms with Crippen LogP contribution in [0.5, 0.6) is 0 Å². The lowest BCUT2D eigenvalue weighted by Crippen LogP contribution is -2.57. The summed E-state index contributed by atoms with van der Waals surface area (Å²) >= 11 is 0. The van der Waals surface area contributed by atoms with Gasteiger partial charge in [0, 0.05) is 51.4 Å². The van der Waals surface area contributed by atoms with E-state index in [4.69, 9.17) is 9.15 Å². The van der Waals surface area contributed by atoms with Crippen LogP contribution >= 0.6 is 0 Å². The molecule has 0 radical (unpaired) electrons. The molecule has 3 heterocycles. The van der Waals surface area contributed by atoms with E-state index in [0.717, 1.165) is 31.4 Å². The summed E-state index contributed by atoms with van der Waals surface area (Å²) in [7, 11) is 1.68. The van der Waals surface area contributed by atoms with E-state index in [1.165, 1.54) is 0 Å². The van der Waals surface area contributed by atoms with Gasteiger partial charge in [0.25, 0.3) is 5.91 Å². The van der Waals surface area contributed by atoms with Crippen LogP contribution in [0.4, 0.5) is 0 Å². The van der Waals surface area contributed by atoms with Crippen LogP contribution in [0.2, 0.25) is 0 Å². The summed E-state index contributed by atoms with van der Waals surface area (Å²) in [5.74, 6) is 1.02. The van der Waals surface area contributed by atoms with Crippen LogP contribution < -0.4 is 0 Å². The second-order valence-corrected chi connectivity index (χ2v) is 6.77. The van der Waals surface area contributed by atoms with Gasteiger partial charge in [0.1, 0.15) is 0 Å². The molecule has 0 spiro atoms. The number of methoxy groups -OCH3 is 1. The fourth-order valence-corrected chi connectivity index (χ4v) is 3.94. The van der Waals surface area contributed by atoms with Gasteiger partial charge in [-0.15, -0.1) is 0 Å². The quantitative estimate of drug-likeness (QED) is 0.774. The van der Waals surface area contributed by atoms with Crippen molar-refractivity contribution < 1.29 is 18.7 Å². The van der Waals surface area contributed by atoms with E-state index in [-0.39, 0.29) is 17.9 Å². The first kappa shape index (κ1) is 17.0. The summed E-state index contributed by atoms with van der Waals surface area (Å²) in [5, 5.41) is 0. The number of hydrogen-bond acceptors (Lipinski definition) is 4. The van der Waals surface area contributed by atoms with Gasteiger partial charge >= 0.3 is 0 Å². The number of piperidine rings is 2. The predicted molar refractivity (Wildman–Crippen MR) is 88.7 cm³/mol. The molecule has 0 unspecified atom stereocenters. The SMILES string of the molecule is COCCCN1C(=O)CC[C@H]2CN(C(=O)c3occc3C)CC[C@H]21. The third-order valence-corrected chi connectivity index (χ3v) is 5.23. The van der Waals surface area contributed by atoms with Crippen molar-refractivity contribution >= 4 is 11.8 Å². The molecular weight excluding hydrogens is 308 g/mol. The number of carbonyl (C=O) groups is 2. The van der Waals surface area contributed by atoms with Crippen LogP contribution in [0.15, 0.2) is 16.7 Å². The van der Waals surface area contributed by atoms with Gasteiger partial charge in [0.15, 0.2) is 5.76 Å². The highest BCUT2D eigenvalue weighted by Crippen LogP contribution is 2.32. The van der Waals surface area contributed by atoms with E-state index in [9.17, 15) is 9.59 Å². The van der Waals surface area contributed by atoms with Crippen LogP contribution in [0.3, 0.4) is 0 Å². The highest BCUT2D eigenvalue weighted by Gasteiger charge is 2.40. The normalized spacial score (nSPS) is 24.2. The summed E-state index contributed by atoms with van der Waals surface area (Å²) < 4.78 is 10.5. The van der Waals surface area contributed by atoms with Gasteiger partial charge in [-0.1, -0.05) is 0 Å². The van der Waals surface area contributed by atoms with Gasteiger partial charge in [-0.25, -0.2) is 0 Å². The Hall–Kier alpha value is -1.82. The predicted octanol–water partition coefficient (Wildman–Crippen LogP) is 2.08. The lowest BCUT2D eigenvalue weighted by molar-refractivity contribution is -0.140. The topological polar surface area (TPSA) is 63.0 Å². The fourth-order valence-electron chi connectivity index (χ4n) is 3.94. The summed E-state index contributed by atoms with van der Waals surface area (Å²) in [6.07, 6.45) is 4.71. The molecule has 0 N–H and O–H groups in total. The van der Waals surface area contributed by atoms with E-state index in [1.807, 2.05) is 22.8 Å². The molecule has 1 aromatic heterocycles. The molecule has 2 atom stereocenters. The second-order valence-electron chi connectivity index (χ2n) is 6.77. The molecule has 132 valence electrons. The Morgan fingerprint density at radius 3 is 2.96 bits per heavy atom. The van der Waals surface area contributed by atoms with Crippen LogP contribution in [0.25, 0.3) is 0 Å². The molecule has 0 saturated carbocycles. The number of aryl methyl sites for hydroxylation is 1. The fraction of sp³-hybridized carbons (Fsp3) is 0.667. The standard InChI is InChI=1S/C18H26N2O4/c1-13-7-11-24-17(13)18(22)19-9-6-15-14(12-19)4-5-16(21)20(15)8-3-10-23-2/h7,11,14-15H,3-6,8-10,12H2,1-2H3/t14-,15+/m0/s1. The summed E-state index contributed by atoms with van der Waals surface area (Å²) in [6, 6.07) is 2.07. The van der Waals surface area contributed by atoms with Crippen molar-refractivity contribution in [2.24, 2.45) is 5.92 Å². The molecular formula is C18H26N2O4. The van der Waals surface area contributed by atoms with Crippen molar-refractivity contribution in [3.05, 3.63) is 23.7 Å². The summed E-state index contributed by atoms with van der Waals surface area (Å²) in [6.45, 7) is 4.69. The van der Waals surface area contributed by atoms with Gasteiger partial charge < -0.3 is 19.0 Å². The van der Waals surface area contributed by atoms with Crippen molar-refractivity contribution in [2.75, 3.05) is 33.4 Å². The number of rotatable bonds is 5. The number of likely N-dealkylation sites (tertiary alicyclic amines) is 2. The monoisotopic (exact) mass is 334 g/mol. The van der Waals surface area contributed by atoms with Crippen LogP contribution in [0, 0.1) is 12.8 Å². The van der Waals surface area contributed by atoms with E-state index in [1.54, 1.807) is 13.4 Å². The van der Waals surface area contributed by atoms with Crippen molar-refractivity contribution in [3.63, 3.8) is 0 Å². The molecule has 2 aliphatic rings. The van der Waals surface area contributed by atoms with Crippen molar-refractivity contribution in [1.82, 2.24) is 9.80 Å². The minimum atomic E-state index is -0.0289. The average molecular weight is 334 g/mol. The Morgan fingerprint density at radius 2 is 2.25 bits per heavy atom. The molecule has 6 nitrogen and oxygen atoms in total. The van der Waals surface area contributed by atoms with E-state index in [2.05, 4.69) is 0 Å². The number of fused-ring (bicyclic) bond motifs is 1. The Bertz CT molecular complexity index is 598. The van der Waals surface area contributed by atoms with Gasteiger partial charge in [0.2, 0.25) is 5.91 Å². The molecule has 24 heavy (non-hydrogen) atoms. The summed E-state index contributed by atoms with van der Waals surface area (Å²) in [4.78, 5) is 28.8. The van der Waals surface area contributed by atoms with Crippen molar-refractivity contribution in [1.29, 1.82) is 0 Å². The van der Waals surface area contributed by atoms with Gasteiger partial charge in [-0.05, 0) is 38.2 Å². The van der Waals surface area contributed by atoms with Gasteiger partial charge in [-0.3, -0.25) is 9.59 Å². The maximum absolute atomic E-state index is 12.6. The molecule has 6 heteroatoms. The first-order valence-corrected chi connectivity index (χ1v) is 8.73. The van der Waals surface area contributed by atoms with Gasteiger partial charge in [-0.2, -0.15) is 0 Å². The third kappa shape index (κ3) is 3.34. The minimum Gasteiger partial charge on any atom is -0.459 e. The minimum absolute atomic E-state index is 0.0289. The first-order chi connectivity index (χ1) is 11.6. The van der Waals surface area contributed by atoms with Crippen LogP contribution in [-0.4, -0.2) is 61.0 Å². The maximum Gasteiger partial charge on any atom is 0.289 e. The molecule has 1 aromatic rings. The Labute approximate surface area is 142 Å². The van der Waals surface area contributed by atoms with Crippen LogP contribution in [0.1, 0.15) is 41.8 Å². The Balaban J connectivity index is 1.65. The van der Waals surface area contributed by atoms with E-state index >= 15 is 0 Å². The number of amides is 2. The molecule has 0 aromatic carbocycles. The van der Waals surface area contributed by atoms with Crippen LogP contribution in [-0.2, 0) is 9.53 Å². The molecule has 3 rings (SSSR count). The molecule has 0 bridgehead atoms. The second kappa shape index (κ2) is 7.38. The highest BCUT2D eigenvalue weighted by molar-refractivity contribution is 5.93. The van der Waals surface area contributed by atoms with E-state index in [0.29, 0.717) is 37.8 Å². The number of ether oxygens (including phenoxy) is 1. The molecule has 2 fully saturated rings. The van der Waals surface area contributed by atoms with E-state index < -0.39 is 0 Å². The zero-order chi connectivity index (χ0) is 17.1. The van der Waals surface area contributed by atoms with Crippen molar-refractivity contribution in [2.45, 2.75) is 38.6 Å². The lowest BCUT2D eigenvalue weighted by Gasteiger charge is -2.47. The number of carbonyl (C=O) groups excluding carboxylic acids is 2. The first-order valence-electron chi connectivity index (χ1n) is 8.73. The molecule has 2 saturated heterocycles. The molecule has 2 amide bonds. The number of nitrogens with zero attached hydrogens (tertiary/aromatic N) is 2. The van der Waals surface area contributed by atoms with Gasteiger partial charge in [0.05, 0.1) is 6.26 Å². The Kier molecular flexibility index (Phi) is 5.23. The largest absolute Gasteiger partial charge is 0.459 e.